The van der Waals surface area contributed by atoms with Crippen LogP contribution in [0, 0.1) is 0 Å². The molecule has 3 aromatic rings. The topological polar surface area (TPSA) is 77.1 Å². The van der Waals surface area contributed by atoms with Gasteiger partial charge >= 0.3 is 0 Å². The average Bonchev–Trinajstić information content (AvgIpc) is 3.41. The molecule has 0 amide bonds. The summed E-state index contributed by atoms with van der Waals surface area (Å²) in [6.45, 7) is 2.69. The Morgan fingerprint density at radius 1 is 1.21 bits per heavy atom. The number of nitrogens with zero attached hydrogens (tertiary/aromatic N) is 4. The Hall–Kier alpha value is -1.77. The van der Waals surface area contributed by atoms with Gasteiger partial charge in [0.2, 0.25) is 0 Å². The molecular formula is C19H24Cl3N5O2. The highest BCUT2D eigenvalue weighted by molar-refractivity contribution is 6.30. The minimum Gasteiger partial charge on any atom is -0.493 e. The van der Waals surface area contributed by atoms with E-state index in [-0.39, 0.29) is 30.9 Å². The van der Waals surface area contributed by atoms with Gasteiger partial charge in [0, 0.05) is 49.4 Å². The van der Waals surface area contributed by atoms with E-state index in [1.165, 1.54) is 0 Å². The summed E-state index contributed by atoms with van der Waals surface area (Å²) in [6.07, 6.45) is 9.54. The van der Waals surface area contributed by atoms with Crippen LogP contribution < -0.4 is 10.1 Å². The number of halogens is 3. The number of aryl methyl sites for hydroxylation is 1. The van der Waals surface area contributed by atoms with Crippen LogP contribution in [0.2, 0.25) is 5.02 Å². The van der Waals surface area contributed by atoms with Gasteiger partial charge in [-0.15, -0.1) is 24.8 Å². The Morgan fingerprint density at radius 2 is 2.07 bits per heavy atom. The summed E-state index contributed by atoms with van der Waals surface area (Å²) in [7, 11) is 0. The largest absolute Gasteiger partial charge is 0.493 e. The zero-order chi connectivity index (χ0) is 18.6. The van der Waals surface area contributed by atoms with Gasteiger partial charge in [0.25, 0.3) is 0 Å². The van der Waals surface area contributed by atoms with E-state index >= 15 is 0 Å². The van der Waals surface area contributed by atoms with E-state index in [0.717, 1.165) is 30.1 Å². The Balaban J connectivity index is 0.00000150. The standard InChI is InChI=1S/C19H22ClN5O2.2ClH/c20-14-2-3-18(27-9-1-6-24-7-4-21-13-24)15(10-14)19-23-5-8-25(19)16-11-22-12-17(16)26;;/h2-5,7-8,10,13,16-17,22,26H,1,6,9,11-12H2;2*1H/t16-,17+;;/m1../s1. The fourth-order valence-electron chi connectivity index (χ4n) is 3.38. The summed E-state index contributed by atoms with van der Waals surface area (Å²) in [4.78, 5) is 8.55. The van der Waals surface area contributed by atoms with Crippen molar-refractivity contribution in [3.8, 4) is 17.1 Å². The number of β-amino-alcohol motifs (C(OH)–C–C–N with tert-alkyl or cyclic N) is 1. The first-order valence-corrected chi connectivity index (χ1v) is 9.40. The van der Waals surface area contributed by atoms with Crippen LogP contribution in [0.4, 0.5) is 0 Å². The molecule has 10 heteroatoms. The normalized spacial score (nSPS) is 18.1. The maximum atomic E-state index is 10.2. The lowest BCUT2D eigenvalue weighted by Crippen LogP contribution is -2.22. The molecule has 7 nitrogen and oxygen atoms in total. The average molecular weight is 461 g/mol. The molecule has 0 spiro atoms. The maximum absolute atomic E-state index is 10.2. The van der Waals surface area contributed by atoms with Gasteiger partial charge in [-0.3, -0.25) is 0 Å². The Morgan fingerprint density at radius 3 is 2.79 bits per heavy atom. The highest BCUT2D eigenvalue weighted by Crippen LogP contribution is 2.34. The zero-order valence-corrected chi connectivity index (χ0v) is 18.0. The van der Waals surface area contributed by atoms with Crippen molar-refractivity contribution in [2.24, 2.45) is 0 Å². The number of benzene rings is 1. The Labute approximate surface area is 186 Å². The lowest BCUT2D eigenvalue weighted by atomic mass is 10.1. The van der Waals surface area contributed by atoms with E-state index in [0.29, 0.717) is 24.7 Å². The third kappa shape index (κ3) is 5.43. The van der Waals surface area contributed by atoms with Crippen molar-refractivity contribution in [3.05, 3.63) is 54.3 Å². The minimum atomic E-state index is -0.448. The molecule has 158 valence electrons. The lowest BCUT2D eigenvalue weighted by molar-refractivity contribution is 0.151. The van der Waals surface area contributed by atoms with Gasteiger partial charge in [0.05, 0.1) is 30.6 Å². The molecule has 29 heavy (non-hydrogen) atoms. The molecule has 4 rings (SSSR count). The summed E-state index contributed by atoms with van der Waals surface area (Å²) >= 11 is 6.24. The van der Waals surface area contributed by atoms with Gasteiger partial charge in [0.15, 0.2) is 0 Å². The molecular weight excluding hydrogens is 437 g/mol. The molecule has 0 unspecified atom stereocenters. The molecule has 3 heterocycles. The monoisotopic (exact) mass is 459 g/mol. The Bertz CT molecular complexity index is 888. The van der Waals surface area contributed by atoms with E-state index in [1.807, 2.05) is 39.7 Å². The number of aliphatic hydroxyl groups excluding tert-OH is 1. The fraction of sp³-hybridized carbons (Fsp3) is 0.368. The van der Waals surface area contributed by atoms with Crippen LogP contribution in [0.3, 0.4) is 0 Å². The molecule has 1 aromatic carbocycles. The van der Waals surface area contributed by atoms with Crippen LogP contribution in [0.25, 0.3) is 11.4 Å². The van der Waals surface area contributed by atoms with Crippen molar-refractivity contribution >= 4 is 36.4 Å². The molecule has 1 saturated heterocycles. The molecule has 1 aliphatic heterocycles. The van der Waals surface area contributed by atoms with Crippen LogP contribution >= 0.6 is 36.4 Å². The number of imidazole rings is 2. The summed E-state index contributed by atoms with van der Waals surface area (Å²) < 4.78 is 10.1. The number of rotatable bonds is 7. The van der Waals surface area contributed by atoms with Gasteiger partial charge in [-0.2, -0.15) is 0 Å². The number of nitrogens with one attached hydrogen (secondary N) is 1. The van der Waals surface area contributed by atoms with Gasteiger partial charge < -0.3 is 24.3 Å². The molecule has 1 aliphatic rings. The number of hydrogen-bond donors (Lipinski definition) is 2. The number of aliphatic hydroxyl groups is 1. The van der Waals surface area contributed by atoms with Crippen molar-refractivity contribution in [2.75, 3.05) is 19.7 Å². The summed E-state index contributed by atoms with van der Waals surface area (Å²) in [5.74, 6) is 1.48. The molecule has 0 aliphatic carbocycles. The number of aromatic nitrogens is 4. The van der Waals surface area contributed by atoms with E-state index in [9.17, 15) is 5.11 Å². The second kappa shape index (κ2) is 10.8. The highest BCUT2D eigenvalue weighted by Gasteiger charge is 2.29. The highest BCUT2D eigenvalue weighted by atomic mass is 35.5. The van der Waals surface area contributed by atoms with Crippen molar-refractivity contribution in [1.29, 1.82) is 0 Å². The van der Waals surface area contributed by atoms with Crippen LogP contribution in [0.15, 0.2) is 49.3 Å². The molecule has 2 N–H and O–H groups in total. The molecule has 1 fully saturated rings. The van der Waals surface area contributed by atoms with E-state index in [4.69, 9.17) is 16.3 Å². The quantitative estimate of drug-likeness (QED) is 0.529. The van der Waals surface area contributed by atoms with Crippen LogP contribution in [0.1, 0.15) is 12.5 Å². The van der Waals surface area contributed by atoms with E-state index in [1.54, 1.807) is 18.7 Å². The zero-order valence-electron chi connectivity index (χ0n) is 15.6. The second-order valence-corrected chi connectivity index (χ2v) is 7.03. The second-order valence-electron chi connectivity index (χ2n) is 6.59. The predicted octanol–water partition coefficient (Wildman–Crippen LogP) is 3.22. The first-order valence-electron chi connectivity index (χ1n) is 9.02. The van der Waals surface area contributed by atoms with Gasteiger partial charge in [-0.05, 0) is 24.6 Å². The van der Waals surface area contributed by atoms with Crippen molar-refractivity contribution in [1.82, 2.24) is 24.4 Å². The smallest absolute Gasteiger partial charge is 0.144 e. The molecule has 2 aromatic heterocycles. The first-order chi connectivity index (χ1) is 13.2. The van der Waals surface area contributed by atoms with E-state index in [2.05, 4.69) is 15.3 Å². The molecule has 0 radical (unpaired) electrons. The summed E-state index contributed by atoms with van der Waals surface area (Å²) in [5, 5.41) is 14.1. The molecule has 2 atom stereocenters. The van der Waals surface area contributed by atoms with Gasteiger partial charge in [0.1, 0.15) is 11.6 Å². The van der Waals surface area contributed by atoms with Gasteiger partial charge in [-0.1, -0.05) is 11.6 Å². The predicted molar refractivity (Wildman–Crippen MR) is 117 cm³/mol. The SMILES string of the molecule is Cl.Cl.O[C@H]1CNC[C@H]1n1ccnc1-c1cc(Cl)ccc1OCCCn1ccnc1. The van der Waals surface area contributed by atoms with Crippen LogP contribution in [-0.4, -0.2) is 50.0 Å². The van der Waals surface area contributed by atoms with Gasteiger partial charge in [-0.25, -0.2) is 9.97 Å². The van der Waals surface area contributed by atoms with E-state index < -0.39 is 6.10 Å². The van der Waals surface area contributed by atoms with Crippen LogP contribution in [0.5, 0.6) is 5.75 Å². The minimum absolute atomic E-state index is 0. The number of ether oxygens (including phenoxy) is 1. The van der Waals surface area contributed by atoms with Crippen molar-refractivity contribution in [2.45, 2.75) is 25.1 Å². The maximum Gasteiger partial charge on any atom is 0.144 e. The third-order valence-corrected chi connectivity index (χ3v) is 4.97. The molecule has 0 saturated carbocycles. The molecule has 0 bridgehead atoms. The Kier molecular flexibility index (Phi) is 8.79. The van der Waals surface area contributed by atoms with Crippen molar-refractivity contribution in [3.63, 3.8) is 0 Å². The third-order valence-electron chi connectivity index (χ3n) is 4.74. The van der Waals surface area contributed by atoms with Crippen LogP contribution in [-0.2, 0) is 6.54 Å². The fourth-order valence-corrected chi connectivity index (χ4v) is 3.55. The summed E-state index contributed by atoms with van der Waals surface area (Å²) in [6, 6.07) is 5.49. The van der Waals surface area contributed by atoms with Crippen molar-refractivity contribution < 1.29 is 9.84 Å². The summed E-state index contributed by atoms with van der Waals surface area (Å²) in [5.41, 5.74) is 0.828. The lowest BCUT2D eigenvalue weighted by Gasteiger charge is -2.19. The number of hydrogen-bond acceptors (Lipinski definition) is 5. The first kappa shape index (κ1) is 23.5.